The maximum atomic E-state index is 14.5. The smallest absolute Gasteiger partial charge is 0.307 e. The van der Waals surface area contributed by atoms with Crippen molar-refractivity contribution in [1.29, 1.82) is 0 Å². The van der Waals surface area contributed by atoms with E-state index in [9.17, 15) is 19.2 Å². The molecule has 0 aliphatic heterocycles. The number of ether oxygens (including phenoxy) is 2. The van der Waals surface area contributed by atoms with Gasteiger partial charge in [0, 0.05) is 40.8 Å². The first kappa shape index (κ1) is 40.7. The Balaban J connectivity index is 1.28. The first-order valence-corrected chi connectivity index (χ1v) is 21.4. The van der Waals surface area contributed by atoms with Crippen molar-refractivity contribution < 1.29 is 23.9 Å². The standard InChI is InChI=1S/C47H67N3O6/c1-13-49-40(29(4)41(54)50(49)30-14-17-36(55-12)48-26-30)47-23-22-45(10)31(39(47)38(28(2)3)32(52)24-47)15-16-34-44(9)20-19-35(56-37(53)25-42(5,6)27-51)43(7,8)33(44)18-21-46(34,45)11/h14,17,26-28,31,33-35H,13,15-16,18-25H2,1-12H3/t31?,33?,34?,35?,44?,45-,46?,47?/m1/s1. The molecule has 5 aliphatic carbocycles. The van der Waals surface area contributed by atoms with Gasteiger partial charge in [0.1, 0.15) is 12.4 Å². The van der Waals surface area contributed by atoms with Crippen LogP contribution in [0, 0.1) is 57.7 Å². The van der Waals surface area contributed by atoms with Crippen LogP contribution in [0.4, 0.5) is 0 Å². The van der Waals surface area contributed by atoms with Crippen molar-refractivity contribution in [2.45, 2.75) is 158 Å². The number of fused-ring (bicyclic) bond motifs is 7. The van der Waals surface area contributed by atoms with E-state index in [2.05, 4.69) is 65.1 Å². The summed E-state index contributed by atoms with van der Waals surface area (Å²) in [6, 6.07) is 3.68. The van der Waals surface area contributed by atoms with Crippen molar-refractivity contribution in [2.24, 2.45) is 50.7 Å². The van der Waals surface area contributed by atoms with Crippen LogP contribution in [0.5, 0.6) is 5.88 Å². The summed E-state index contributed by atoms with van der Waals surface area (Å²) < 4.78 is 15.5. The molecule has 2 heterocycles. The number of nitrogens with zero attached hydrogens (tertiary/aromatic N) is 3. The molecule has 0 aromatic carbocycles. The number of esters is 1. The van der Waals surface area contributed by atoms with Gasteiger partial charge in [-0.2, -0.15) is 0 Å². The SMILES string of the molecule is CCn1c(C23CC[C@]4(C)C(CCC5C6(C)CCC(OC(=O)CC(C)(C)C=O)C(C)(C)C6CCC54C)C2=C(C(C)C)C(=O)C3)c(C)c(=O)n1-c1ccc(OC)nc1. The molecule has 0 radical (unpaired) electrons. The van der Waals surface area contributed by atoms with Crippen molar-refractivity contribution in [1.82, 2.24) is 14.3 Å². The third kappa shape index (κ3) is 5.61. The molecule has 9 nitrogen and oxygen atoms in total. The largest absolute Gasteiger partial charge is 0.481 e. The Hall–Kier alpha value is -3.49. The number of ketones is 1. The first-order chi connectivity index (χ1) is 26.2. The molecule has 7 rings (SSSR count). The maximum Gasteiger partial charge on any atom is 0.307 e. The average molecular weight is 770 g/mol. The van der Waals surface area contributed by atoms with Crippen LogP contribution >= 0.6 is 0 Å². The second-order valence-corrected chi connectivity index (χ2v) is 20.8. The summed E-state index contributed by atoms with van der Waals surface area (Å²) in [6.07, 6.45) is 10.9. The van der Waals surface area contributed by atoms with Gasteiger partial charge < -0.3 is 14.3 Å². The van der Waals surface area contributed by atoms with Gasteiger partial charge in [-0.3, -0.25) is 19.1 Å². The monoisotopic (exact) mass is 770 g/mol. The summed E-state index contributed by atoms with van der Waals surface area (Å²) in [5.41, 5.74) is 3.34. The van der Waals surface area contributed by atoms with E-state index >= 15 is 0 Å². The summed E-state index contributed by atoms with van der Waals surface area (Å²) in [5.74, 6) is 1.68. The highest BCUT2D eigenvalue weighted by atomic mass is 16.5. The summed E-state index contributed by atoms with van der Waals surface area (Å²) in [7, 11) is 1.59. The fraction of sp³-hybridized carbons (Fsp3) is 0.723. The van der Waals surface area contributed by atoms with Crippen LogP contribution in [0.15, 0.2) is 34.3 Å². The van der Waals surface area contributed by atoms with Gasteiger partial charge >= 0.3 is 5.97 Å². The summed E-state index contributed by atoms with van der Waals surface area (Å²) in [4.78, 5) is 58.1. The molecule has 4 fully saturated rings. The topological polar surface area (TPSA) is 109 Å². The number of Topliss-reactive ketones (excluding diaryl/α,β-unsaturated/α-hetero) is 1. The van der Waals surface area contributed by atoms with E-state index in [-0.39, 0.29) is 63.3 Å². The first-order valence-electron chi connectivity index (χ1n) is 21.4. The van der Waals surface area contributed by atoms with E-state index in [0.29, 0.717) is 36.4 Å². The quantitative estimate of drug-likeness (QED) is 0.185. The Morgan fingerprint density at radius 3 is 2.30 bits per heavy atom. The predicted molar refractivity (Wildman–Crippen MR) is 218 cm³/mol. The lowest BCUT2D eigenvalue weighted by Gasteiger charge is -2.72. The Morgan fingerprint density at radius 1 is 0.982 bits per heavy atom. The number of pyridine rings is 1. The lowest BCUT2D eigenvalue weighted by atomic mass is 9.33. The number of carbonyl (C=O) groups excluding carboxylic acids is 3. The van der Waals surface area contributed by atoms with Gasteiger partial charge in [-0.25, -0.2) is 9.67 Å². The maximum absolute atomic E-state index is 14.5. The molecule has 4 saturated carbocycles. The molecule has 0 amide bonds. The van der Waals surface area contributed by atoms with Crippen LogP contribution in [-0.4, -0.2) is 45.6 Å². The molecule has 0 spiro atoms. The van der Waals surface area contributed by atoms with Gasteiger partial charge in [-0.15, -0.1) is 0 Å². The van der Waals surface area contributed by atoms with E-state index < -0.39 is 10.8 Å². The van der Waals surface area contributed by atoms with Crippen molar-refractivity contribution in [2.75, 3.05) is 7.11 Å². The zero-order valence-electron chi connectivity index (χ0n) is 36.3. The Kier molecular flexibility index (Phi) is 9.84. The van der Waals surface area contributed by atoms with Crippen LogP contribution < -0.4 is 10.3 Å². The van der Waals surface area contributed by atoms with Crippen molar-refractivity contribution in [3.8, 4) is 11.6 Å². The van der Waals surface area contributed by atoms with Gasteiger partial charge in [-0.1, -0.05) is 62.3 Å². The highest BCUT2D eigenvalue weighted by molar-refractivity contribution is 6.02. The zero-order valence-corrected chi connectivity index (χ0v) is 36.3. The minimum absolute atomic E-state index is 0.0327. The van der Waals surface area contributed by atoms with Crippen molar-refractivity contribution >= 4 is 18.0 Å². The third-order valence-electron chi connectivity index (χ3n) is 16.9. The van der Waals surface area contributed by atoms with Crippen LogP contribution in [-0.2, 0) is 31.1 Å². The second-order valence-electron chi connectivity index (χ2n) is 20.8. The molecule has 56 heavy (non-hydrogen) atoms. The van der Waals surface area contributed by atoms with Crippen LogP contribution in [0.1, 0.15) is 145 Å². The van der Waals surface area contributed by atoms with Crippen LogP contribution in [0.25, 0.3) is 5.69 Å². The molecule has 2 aromatic heterocycles. The highest BCUT2D eigenvalue weighted by Crippen LogP contribution is 2.77. The number of hydrogen-bond acceptors (Lipinski definition) is 7. The molecule has 0 N–H and O–H groups in total. The predicted octanol–water partition coefficient (Wildman–Crippen LogP) is 9.13. The van der Waals surface area contributed by atoms with Gasteiger partial charge in [0.15, 0.2) is 5.78 Å². The number of methoxy groups -OCH3 is 1. The molecule has 0 saturated heterocycles. The van der Waals surface area contributed by atoms with Crippen molar-refractivity contribution in [3.63, 3.8) is 0 Å². The molecular formula is C47H67N3O6. The Labute approximate surface area is 334 Å². The zero-order chi connectivity index (χ0) is 41.0. The molecular weight excluding hydrogens is 703 g/mol. The molecule has 5 aliphatic rings. The lowest BCUT2D eigenvalue weighted by Crippen LogP contribution is -2.66. The number of carbonyl (C=O) groups is 3. The fourth-order valence-corrected chi connectivity index (χ4v) is 14.2. The average Bonchev–Trinajstić information content (AvgIpc) is 3.59. The van der Waals surface area contributed by atoms with Gasteiger partial charge in [0.25, 0.3) is 5.56 Å². The number of aldehydes is 1. The third-order valence-corrected chi connectivity index (χ3v) is 16.9. The Bertz CT molecular complexity index is 2020. The number of hydrogen-bond donors (Lipinski definition) is 0. The fourth-order valence-electron chi connectivity index (χ4n) is 14.2. The van der Waals surface area contributed by atoms with Crippen LogP contribution in [0.3, 0.4) is 0 Å². The summed E-state index contributed by atoms with van der Waals surface area (Å²) >= 11 is 0. The minimum Gasteiger partial charge on any atom is -0.481 e. The molecule has 0 bridgehead atoms. The van der Waals surface area contributed by atoms with E-state index in [1.54, 1.807) is 37.9 Å². The van der Waals surface area contributed by atoms with E-state index in [1.807, 2.05) is 13.0 Å². The van der Waals surface area contributed by atoms with Gasteiger partial charge in [0.2, 0.25) is 5.88 Å². The van der Waals surface area contributed by atoms with E-state index in [0.717, 1.165) is 74.5 Å². The second kappa shape index (κ2) is 13.5. The Morgan fingerprint density at radius 2 is 1.70 bits per heavy atom. The van der Waals surface area contributed by atoms with Gasteiger partial charge in [0.05, 0.1) is 31.1 Å². The normalized spacial score (nSPS) is 35.1. The van der Waals surface area contributed by atoms with E-state index in [1.165, 1.54) is 5.57 Å². The summed E-state index contributed by atoms with van der Waals surface area (Å²) in [5, 5.41) is 0. The molecule has 2 aromatic rings. The van der Waals surface area contributed by atoms with Crippen molar-refractivity contribution in [3.05, 3.63) is 51.1 Å². The molecule has 306 valence electrons. The summed E-state index contributed by atoms with van der Waals surface area (Å²) in [6.45, 7) is 24.9. The molecule has 8 atom stereocenters. The van der Waals surface area contributed by atoms with Crippen LogP contribution in [0.2, 0.25) is 0 Å². The number of allylic oxidation sites excluding steroid dienone is 2. The van der Waals surface area contributed by atoms with E-state index in [4.69, 9.17) is 9.47 Å². The van der Waals surface area contributed by atoms with Gasteiger partial charge in [-0.05, 0) is 122 Å². The molecule has 7 unspecified atom stereocenters. The number of aromatic nitrogens is 3. The number of rotatable bonds is 9. The minimum atomic E-state index is -0.734. The lowest BCUT2D eigenvalue weighted by molar-refractivity contribution is -0.232. The highest BCUT2D eigenvalue weighted by Gasteiger charge is 2.70. The molecule has 9 heteroatoms.